The van der Waals surface area contributed by atoms with Crippen LogP contribution in [0.4, 0.5) is 5.69 Å². The highest BCUT2D eigenvalue weighted by Crippen LogP contribution is 2.28. The number of anilines is 1. The smallest absolute Gasteiger partial charge is 0.251 e. The largest absolute Gasteiger partial charge is 0.355 e. The second kappa shape index (κ2) is 7.06. The molecule has 0 aliphatic carbocycles. The fourth-order valence-corrected chi connectivity index (χ4v) is 2.46. The van der Waals surface area contributed by atoms with Crippen LogP contribution in [0.15, 0.2) is 18.2 Å². The van der Waals surface area contributed by atoms with Gasteiger partial charge in [-0.25, -0.2) is 0 Å². The van der Waals surface area contributed by atoms with E-state index in [1.54, 1.807) is 23.1 Å². The Kier molecular flexibility index (Phi) is 5.14. The van der Waals surface area contributed by atoms with Crippen LogP contribution in [0.2, 0.25) is 0 Å². The first kappa shape index (κ1) is 16.0. The molecule has 118 valence electrons. The van der Waals surface area contributed by atoms with E-state index in [1.807, 2.05) is 6.92 Å². The molecule has 0 radical (unpaired) electrons. The second-order valence-corrected chi connectivity index (χ2v) is 5.30. The van der Waals surface area contributed by atoms with Crippen molar-refractivity contribution in [3.05, 3.63) is 29.3 Å². The normalized spacial score (nSPS) is 12.7. The second-order valence-electron chi connectivity index (χ2n) is 5.30. The van der Waals surface area contributed by atoms with Gasteiger partial charge in [-0.2, -0.15) is 0 Å². The van der Waals surface area contributed by atoms with Gasteiger partial charge in [0.1, 0.15) is 0 Å². The van der Waals surface area contributed by atoms with E-state index in [0.717, 1.165) is 24.1 Å². The fourth-order valence-electron chi connectivity index (χ4n) is 2.46. The lowest BCUT2D eigenvalue weighted by atomic mass is 10.1. The highest BCUT2D eigenvalue weighted by molar-refractivity contribution is 5.99. The number of nitrogens with one attached hydrogen (secondary N) is 2. The number of amides is 3. The van der Waals surface area contributed by atoms with E-state index in [0.29, 0.717) is 18.7 Å². The van der Waals surface area contributed by atoms with Gasteiger partial charge in [0.25, 0.3) is 5.91 Å². The molecule has 0 spiro atoms. The summed E-state index contributed by atoms with van der Waals surface area (Å²) in [6.07, 6.45) is 1.60. The Balaban J connectivity index is 1.98. The highest BCUT2D eigenvalue weighted by Gasteiger charge is 2.23. The van der Waals surface area contributed by atoms with Gasteiger partial charge < -0.3 is 15.5 Å². The van der Waals surface area contributed by atoms with Crippen LogP contribution in [0.3, 0.4) is 0 Å². The number of hydrogen-bond acceptors (Lipinski definition) is 3. The SMILES string of the molecule is CCCNC(=O)CNC(=O)c1ccc2c(c1)CCN2C(C)=O. The van der Waals surface area contributed by atoms with Crippen molar-refractivity contribution in [1.82, 2.24) is 10.6 Å². The molecule has 0 aromatic heterocycles. The van der Waals surface area contributed by atoms with Crippen molar-refractivity contribution >= 4 is 23.4 Å². The minimum Gasteiger partial charge on any atom is -0.355 e. The third-order valence-electron chi connectivity index (χ3n) is 3.60. The Hall–Kier alpha value is -2.37. The molecule has 3 amide bonds. The molecule has 1 heterocycles. The Labute approximate surface area is 129 Å². The number of fused-ring (bicyclic) bond motifs is 1. The van der Waals surface area contributed by atoms with Gasteiger partial charge >= 0.3 is 0 Å². The molecule has 0 saturated carbocycles. The zero-order valence-corrected chi connectivity index (χ0v) is 12.9. The molecule has 0 saturated heterocycles. The Bertz CT molecular complexity index is 598. The fraction of sp³-hybridized carbons (Fsp3) is 0.438. The van der Waals surface area contributed by atoms with Gasteiger partial charge in [-0.1, -0.05) is 6.92 Å². The summed E-state index contributed by atoms with van der Waals surface area (Å²) >= 11 is 0. The van der Waals surface area contributed by atoms with Gasteiger partial charge in [0, 0.05) is 31.3 Å². The van der Waals surface area contributed by atoms with Crippen LogP contribution < -0.4 is 15.5 Å². The maximum atomic E-state index is 12.1. The van der Waals surface area contributed by atoms with E-state index in [1.165, 1.54) is 6.92 Å². The predicted molar refractivity (Wildman–Crippen MR) is 83.8 cm³/mol. The lowest BCUT2D eigenvalue weighted by Crippen LogP contribution is -2.37. The number of hydrogen-bond donors (Lipinski definition) is 2. The Morgan fingerprint density at radius 2 is 2.00 bits per heavy atom. The number of rotatable bonds is 5. The predicted octanol–water partition coefficient (Wildman–Crippen LogP) is 0.852. The average Bonchev–Trinajstić information content (AvgIpc) is 2.93. The lowest BCUT2D eigenvalue weighted by Gasteiger charge is -2.14. The molecule has 1 aromatic carbocycles. The Morgan fingerprint density at radius 1 is 1.23 bits per heavy atom. The van der Waals surface area contributed by atoms with Crippen molar-refractivity contribution in [2.24, 2.45) is 0 Å². The summed E-state index contributed by atoms with van der Waals surface area (Å²) in [5, 5.41) is 5.30. The number of benzene rings is 1. The highest BCUT2D eigenvalue weighted by atomic mass is 16.2. The zero-order valence-electron chi connectivity index (χ0n) is 12.9. The van der Waals surface area contributed by atoms with Crippen LogP contribution >= 0.6 is 0 Å². The van der Waals surface area contributed by atoms with Crippen molar-refractivity contribution in [1.29, 1.82) is 0 Å². The zero-order chi connectivity index (χ0) is 16.1. The average molecular weight is 303 g/mol. The maximum absolute atomic E-state index is 12.1. The molecule has 2 N–H and O–H groups in total. The minimum atomic E-state index is -0.282. The summed E-state index contributed by atoms with van der Waals surface area (Å²) in [5.74, 6) is -0.474. The standard InChI is InChI=1S/C16H21N3O3/c1-3-7-17-15(21)10-18-16(22)13-4-5-14-12(9-13)6-8-19(14)11(2)20/h4-5,9H,3,6-8,10H2,1-2H3,(H,17,21)(H,18,22). The van der Waals surface area contributed by atoms with Crippen molar-refractivity contribution < 1.29 is 14.4 Å². The molecule has 1 aromatic rings. The van der Waals surface area contributed by atoms with Gasteiger partial charge in [0.2, 0.25) is 11.8 Å². The van der Waals surface area contributed by atoms with Gasteiger partial charge in [0.15, 0.2) is 0 Å². The maximum Gasteiger partial charge on any atom is 0.251 e. The molecule has 1 aliphatic heterocycles. The molecular weight excluding hydrogens is 282 g/mol. The van der Waals surface area contributed by atoms with Gasteiger partial charge in [-0.3, -0.25) is 14.4 Å². The summed E-state index contributed by atoms with van der Waals surface area (Å²) in [4.78, 5) is 36.7. The van der Waals surface area contributed by atoms with E-state index in [2.05, 4.69) is 10.6 Å². The molecule has 22 heavy (non-hydrogen) atoms. The number of carbonyl (C=O) groups is 3. The summed E-state index contributed by atoms with van der Waals surface area (Å²) in [6, 6.07) is 5.26. The topological polar surface area (TPSA) is 78.5 Å². The van der Waals surface area contributed by atoms with Crippen molar-refractivity contribution in [2.45, 2.75) is 26.7 Å². The van der Waals surface area contributed by atoms with Crippen LogP contribution in [0, 0.1) is 0 Å². The van der Waals surface area contributed by atoms with Crippen molar-refractivity contribution in [3.8, 4) is 0 Å². The number of nitrogens with zero attached hydrogens (tertiary/aromatic N) is 1. The summed E-state index contributed by atoms with van der Waals surface area (Å²) < 4.78 is 0. The summed E-state index contributed by atoms with van der Waals surface area (Å²) in [7, 11) is 0. The first-order valence-corrected chi connectivity index (χ1v) is 7.49. The summed E-state index contributed by atoms with van der Waals surface area (Å²) in [6.45, 7) is 4.72. The van der Waals surface area contributed by atoms with E-state index in [4.69, 9.17) is 0 Å². The van der Waals surface area contributed by atoms with Crippen LogP contribution in [-0.4, -0.2) is 37.4 Å². The monoisotopic (exact) mass is 303 g/mol. The third kappa shape index (κ3) is 3.63. The third-order valence-corrected chi connectivity index (χ3v) is 3.60. The van der Waals surface area contributed by atoms with E-state index < -0.39 is 0 Å². The molecule has 0 bridgehead atoms. The quantitative estimate of drug-likeness (QED) is 0.846. The first-order chi connectivity index (χ1) is 10.5. The van der Waals surface area contributed by atoms with Gasteiger partial charge in [0.05, 0.1) is 6.54 Å². The first-order valence-electron chi connectivity index (χ1n) is 7.49. The van der Waals surface area contributed by atoms with Crippen LogP contribution in [0.5, 0.6) is 0 Å². The van der Waals surface area contributed by atoms with E-state index >= 15 is 0 Å². The van der Waals surface area contributed by atoms with Crippen molar-refractivity contribution in [3.63, 3.8) is 0 Å². The molecular formula is C16H21N3O3. The molecule has 0 fully saturated rings. The van der Waals surface area contributed by atoms with E-state index in [9.17, 15) is 14.4 Å². The molecule has 1 aliphatic rings. The summed E-state index contributed by atoms with van der Waals surface area (Å²) in [5.41, 5.74) is 2.36. The molecule has 2 rings (SSSR count). The van der Waals surface area contributed by atoms with Crippen LogP contribution in [-0.2, 0) is 16.0 Å². The van der Waals surface area contributed by atoms with E-state index in [-0.39, 0.29) is 24.3 Å². The molecule has 0 unspecified atom stereocenters. The molecule has 6 nitrogen and oxygen atoms in total. The minimum absolute atomic E-state index is 0.00328. The molecule has 0 atom stereocenters. The van der Waals surface area contributed by atoms with Gasteiger partial charge in [-0.05, 0) is 36.6 Å². The van der Waals surface area contributed by atoms with Gasteiger partial charge in [-0.15, -0.1) is 0 Å². The lowest BCUT2D eigenvalue weighted by molar-refractivity contribution is -0.120. The molecule has 6 heteroatoms. The van der Waals surface area contributed by atoms with Crippen LogP contribution in [0.25, 0.3) is 0 Å². The Morgan fingerprint density at radius 3 is 2.68 bits per heavy atom. The van der Waals surface area contributed by atoms with Crippen molar-refractivity contribution in [2.75, 3.05) is 24.5 Å². The number of carbonyl (C=O) groups excluding carboxylic acids is 3. The van der Waals surface area contributed by atoms with Crippen LogP contribution in [0.1, 0.15) is 36.2 Å².